The molecule has 0 saturated heterocycles. The number of amides is 3. The number of rotatable bonds is 9. The van der Waals surface area contributed by atoms with E-state index in [0.29, 0.717) is 18.7 Å². The van der Waals surface area contributed by atoms with Gasteiger partial charge in [0.25, 0.3) is 5.91 Å². The van der Waals surface area contributed by atoms with Gasteiger partial charge in [-0.1, -0.05) is 19.1 Å². The summed E-state index contributed by atoms with van der Waals surface area (Å²) < 4.78 is 12.6. The van der Waals surface area contributed by atoms with Gasteiger partial charge in [0.1, 0.15) is 6.54 Å². The number of carbonyl (C=O) groups is 3. The second-order valence-electron chi connectivity index (χ2n) is 5.97. The Kier molecular flexibility index (Phi) is 7.76. The fourth-order valence-electron chi connectivity index (χ4n) is 2.66. The molecule has 152 valence electrons. The summed E-state index contributed by atoms with van der Waals surface area (Å²) in [6.45, 7) is 2.07. The summed E-state index contributed by atoms with van der Waals surface area (Å²) in [5.74, 6) is -1.53. The molecule has 10 nitrogen and oxygen atoms in total. The number of methoxy groups -OCH3 is 1. The van der Waals surface area contributed by atoms with Crippen molar-refractivity contribution in [2.24, 2.45) is 0 Å². The van der Waals surface area contributed by atoms with Gasteiger partial charge in [-0.15, -0.1) is 0 Å². The maximum Gasteiger partial charge on any atom is 0.329 e. The number of para-hydroxylation sites is 2. The van der Waals surface area contributed by atoms with Crippen molar-refractivity contribution in [2.45, 2.75) is 26.4 Å². The molecule has 1 heterocycles. The highest BCUT2D eigenvalue weighted by molar-refractivity contribution is 5.95. The van der Waals surface area contributed by atoms with E-state index in [1.165, 1.54) is 11.7 Å². The third-order valence-corrected chi connectivity index (χ3v) is 3.87. The minimum absolute atomic E-state index is 0.236. The number of fused-ring (bicyclic) bond motifs is 1. The molecule has 0 saturated carbocycles. The van der Waals surface area contributed by atoms with E-state index < -0.39 is 24.5 Å². The van der Waals surface area contributed by atoms with Crippen molar-refractivity contribution in [2.75, 3.05) is 26.9 Å². The second-order valence-corrected chi connectivity index (χ2v) is 5.97. The first kappa shape index (κ1) is 21.2. The van der Waals surface area contributed by atoms with Gasteiger partial charge in [-0.2, -0.15) is 0 Å². The minimum Gasteiger partial charge on any atom is -0.454 e. The maximum atomic E-state index is 12.6. The fourth-order valence-corrected chi connectivity index (χ4v) is 2.66. The predicted octanol–water partition coefficient (Wildman–Crippen LogP) is 0.228. The van der Waals surface area contributed by atoms with E-state index in [0.717, 1.165) is 11.9 Å². The van der Waals surface area contributed by atoms with Crippen LogP contribution in [0, 0.1) is 0 Å². The molecule has 0 radical (unpaired) electrons. The van der Waals surface area contributed by atoms with E-state index in [1.54, 1.807) is 16.7 Å². The van der Waals surface area contributed by atoms with Gasteiger partial charge < -0.3 is 14.8 Å². The molecule has 0 aliphatic carbocycles. The van der Waals surface area contributed by atoms with E-state index >= 15 is 0 Å². The van der Waals surface area contributed by atoms with Gasteiger partial charge >= 0.3 is 17.7 Å². The third-order valence-electron chi connectivity index (χ3n) is 3.87. The highest BCUT2D eigenvalue weighted by atomic mass is 16.5. The van der Waals surface area contributed by atoms with E-state index in [-0.39, 0.29) is 18.8 Å². The highest BCUT2D eigenvalue weighted by Crippen LogP contribution is 2.13. The molecule has 2 rings (SSSR count). The SMILES string of the molecule is CCCn1c(=O)n(CC(=O)OCC(=O)NC(=O)NCCOC)c2ccccc21. The summed E-state index contributed by atoms with van der Waals surface area (Å²) in [4.78, 5) is 47.8. The Labute approximate surface area is 161 Å². The summed E-state index contributed by atoms with van der Waals surface area (Å²) in [6.07, 6.45) is 0.769. The van der Waals surface area contributed by atoms with Gasteiger partial charge in [0.05, 0.1) is 17.6 Å². The number of ether oxygens (including phenoxy) is 2. The van der Waals surface area contributed by atoms with Crippen molar-refractivity contribution in [3.05, 3.63) is 34.7 Å². The molecule has 1 aromatic heterocycles. The average molecular weight is 392 g/mol. The zero-order valence-corrected chi connectivity index (χ0v) is 15.9. The van der Waals surface area contributed by atoms with Crippen LogP contribution < -0.4 is 16.3 Å². The largest absolute Gasteiger partial charge is 0.454 e. The lowest BCUT2D eigenvalue weighted by Gasteiger charge is -2.07. The van der Waals surface area contributed by atoms with Crippen LogP contribution in [0.2, 0.25) is 0 Å². The highest BCUT2D eigenvalue weighted by Gasteiger charge is 2.17. The van der Waals surface area contributed by atoms with E-state index in [2.05, 4.69) is 5.32 Å². The van der Waals surface area contributed by atoms with E-state index in [9.17, 15) is 19.2 Å². The number of imide groups is 1. The molecule has 0 atom stereocenters. The summed E-state index contributed by atoms with van der Waals surface area (Å²) in [5, 5.41) is 4.43. The van der Waals surface area contributed by atoms with Crippen molar-refractivity contribution in [3.8, 4) is 0 Å². The van der Waals surface area contributed by atoms with Gasteiger partial charge in [0.2, 0.25) is 0 Å². The Morgan fingerprint density at radius 3 is 2.43 bits per heavy atom. The van der Waals surface area contributed by atoms with E-state index in [1.807, 2.05) is 24.4 Å². The summed E-state index contributed by atoms with van der Waals surface area (Å²) >= 11 is 0. The van der Waals surface area contributed by atoms with Crippen LogP contribution in [0.15, 0.2) is 29.1 Å². The molecule has 2 N–H and O–H groups in total. The first-order valence-corrected chi connectivity index (χ1v) is 8.88. The van der Waals surface area contributed by atoms with Crippen LogP contribution in [-0.4, -0.2) is 53.9 Å². The normalized spacial score (nSPS) is 10.6. The first-order chi connectivity index (χ1) is 13.5. The summed E-state index contributed by atoms with van der Waals surface area (Å²) in [7, 11) is 1.48. The number of benzene rings is 1. The second kappa shape index (κ2) is 10.3. The molecular weight excluding hydrogens is 368 g/mol. The fraction of sp³-hybridized carbons (Fsp3) is 0.444. The number of nitrogens with zero attached hydrogens (tertiary/aromatic N) is 2. The number of aromatic nitrogens is 2. The van der Waals surface area contributed by atoms with Crippen molar-refractivity contribution < 1.29 is 23.9 Å². The van der Waals surface area contributed by atoms with Gasteiger partial charge in [-0.3, -0.25) is 24.0 Å². The molecule has 0 fully saturated rings. The number of hydrogen-bond acceptors (Lipinski definition) is 6. The molecule has 2 aromatic rings. The number of imidazole rings is 1. The summed E-state index contributed by atoms with van der Waals surface area (Å²) in [6, 6.07) is 6.43. The quantitative estimate of drug-likeness (QED) is 0.465. The third kappa shape index (κ3) is 5.43. The molecule has 0 aliphatic heterocycles. The van der Waals surface area contributed by atoms with Crippen molar-refractivity contribution >= 4 is 28.9 Å². The van der Waals surface area contributed by atoms with Crippen LogP contribution in [-0.2, 0) is 32.2 Å². The Bertz CT molecular complexity index is 901. The van der Waals surface area contributed by atoms with Crippen LogP contribution in [0.25, 0.3) is 11.0 Å². The average Bonchev–Trinajstić information content (AvgIpc) is 2.93. The lowest BCUT2D eigenvalue weighted by atomic mass is 10.3. The zero-order valence-electron chi connectivity index (χ0n) is 15.9. The van der Waals surface area contributed by atoms with Crippen LogP contribution in [0.4, 0.5) is 4.79 Å². The number of nitrogens with one attached hydrogen (secondary N) is 2. The van der Waals surface area contributed by atoms with Crippen molar-refractivity contribution in [3.63, 3.8) is 0 Å². The predicted molar refractivity (Wildman–Crippen MR) is 101 cm³/mol. The minimum atomic E-state index is -0.774. The first-order valence-electron chi connectivity index (χ1n) is 8.88. The molecular formula is C18H24N4O6. The molecule has 3 amide bonds. The van der Waals surface area contributed by atoms with Crippen LogP contribution in [0.1, 0.15) is 13.3 Å². The number of hydrogen-bond donors (Lipinski definition) is 2. The van der Waals surface area contributed by atoms with Crippen molar-refractivity contribution in [1.29, 1.82) is 0 Å². The Balaban J connectivity index is 1.95. The topological polar surface area (TPSA) is 121 Å². The lowest BCUT2D eigenvalue weighted by Crippen LogP contribution is -2.42. The van der Waals surface area contributed by atoms with Crippen LogP contribution >= 0.6 is 0 Å². The number of aryl methyl sites for hydroxylation is 1. The van der Waals surface area contributed by atoms with Gasteiger partial charge in [-0.05, 0) is 18.6 Å². The Morgan fingerprint density at radius 1 is 1.11 bits per heavy atom. The number of carbonyl (C=O) groups excluding carboxylic acids is 3. The van der Waals surface area contributed by atoms with E-state index in [4.69, 9.17) is 9.47 Å². The molecule has 0 spiro atoms. The number of esters is 1. The van der Waals surface area contributed by atoms with Crippen molar-refractivity contribution in [1.82, 2.24) is 19.8 Å². The Hall–Kier alpha value is -3.14. The monoisotopic (exact) mass is 392 g/mol. The standard InChI is InChI=1S/C18H24N4O6/c1-3-9-21-13-6-4-5-7-14(13)22(18(21)26)11-16(24)28-12-15(23)20-17(25)19-8-10-27-2/h4-7H,3,8-12H2,1-2H3,(H2,19,20,23,25). The molecule has 0 unspecified atom stereocenters. The molecule has 10 heteroatoms. The maximum absolute atomic E-state index is 12.6. The lowest BCUT2D eigenvalue weighted by molar-refractivity contribution is -0.148. The molecule has 1 aromatic carbocycles. The van der Waals surface area contributed by atoms with Crippen LogP contribution in [0.5, 0.6) is 0 Å². The Morgan fingerprint density at radius 2 is 1.79 bits per heavy atom. The van der Waals surface area contributed by atoms with Gasteiger partial charge in [0.15, 0.2) is 6.61 Å². The van der Waals surface area contributed by atoms with Gasteiger partial charge in [0, 0.05) is 20.2 Å². The summed E-state index contributed by atoms with van der Waals surface area (Å²) in [5.41, 5.74) is 1.02. The zero-order chi connectivity index (χ0) is 20.5. The molecule has 28 heavy (non-hydrogen) atoms. The van der Waals surface area contributed by atoms with Gasteiger partial charge in [-0.25, -0.2) is 9.59 Å². The molecule has 0 bridgehead atoms. The molecule has 0 aliphatic rings. The van der Waals surface area contributed by atoms with Crippen LogP contribution in [0.3, 0.4) is 0 Å². The smallest absolute Gasteiger partial charge is 0.329 e. The number of urea groups is 1.